The molecule has 2 aromatic carbocycles. The number of aromatic nitrogens is 2. The zero-order chi connectivity index (χ0) is 47.7. The molecule has 3 N–H and O–H groups in total. The van der Waals surface area contributed by atoms with Crippen LogP contribution < -0.4 is 24.8 Å². The van der Waals surface area contributed by atoms with Gasteiger partial charge in [-0.2, -0.15) is 13.2 Å². The van der Waals surface area contributed by atoms with Crippen LogP contribution in [0.3, 0.4) is 0 Å². The number of likely N-dealkylation sites (tertiary alicyclic amines) is 1. The zero-order valence-corrected chi connectivity index (χ0v) is 38.8. The molecule has 1 aliphatic heterocycles. The van der Waals surface area contributed by atoms with Crippen LogP contribution in [0.4, 0.5) is 23.2 Å². The lowest BCUT2D eigenvalue weighted by atomic mass is 10.0. The minimum Gasteiger partial charge on any atom is -0.496 e. The maximum absolute atomic E-state index is 15.0. The fraction of sp³-hybridized carbons (Fsp3) is 0.468. The lowest BCUT2D eigenvalue weighted by Gasteiger charge is -2.30. The highest BCUT2D eigenvalue weighted by atomic mass is 32.2. The van der Waals surface area contributed by atoms with Crippen molar-refractivity contribution in [1.82, 2.24) is 24.9 Å². The van der Waals surface area contributed by atoms with Gasteiger partial charge in [0.2, 0.25) is 21.8 Å². The van der Waals surface area contributed by atoms with Gasteiger partial charge in [0.05, 0.1) is 35.7 Å². The van der Waals surface area contributed by atoms with E-state index in [-0.39, 0.29) is 37.4 Å². The van der Waals surface area contributed by atoms with E-state index in [1.165, 1.54) is 22.3 Å². The molecule has 2 aliphatic carbocycles. The highest BCUT2D eigenvalue weighted by Crippen LogP contribution is 2.46. The SMILES string of the molecule is C=CCCCCC[C@H](Nc1cc(F)cc(C(F)(F)F)c1)C(=O)N1C[C@H](Oc2cc(-c3nc(C(C)C)cs3)nc3c(C)c(OC)ccc23)C[C@H]1C(=O)N[C@]1(C(=O)NS(=O)(=O)C2CC2)C[C@H]1C=C. The van der Waals surface area contributed by atoms with Crippen LogP contribution in [-0.4, -0.2) is 83.6 Å². The largest absolute Gasteiger partial charge is 0.496 e. The maximum atomic E-state index is 15.0. The van der Waals surface area contributed by atoms with E-state index in [0.717, 1.165) is 29.8 Å². The number of nitrogens with one attached hydrogen (secondary N) is 3. The quantitative estimate of drug-likeness (QED) is 0.0443. The summed E-state index contributed by atoms with van der Waals surface area (Å²) in [4.78, 5) is 54.4. The number of unbranched alkanes of at least 4 members (excludes halogenated alkanes) is 3. The van der Waals surface area contributed by atoms with E-state index in [1.807, 2.05) is 26.2 Å². The van der Waals surface area contributed by atoms with Crippen molar-refractivity contribution in [3.05, 3.63) is 89.7 Å². The Morgan fingerprint density at radius 3 is 2.45 bits per heavy atom. The molecule has 0 spiro atoms. The van der Waals surface area contributed by atoms with Crippen molar-refractivity contribution in [2.45, 2.75) is 120 Å². The van der Waals surface area contributed by atoms with Crippen LogP contribution in [0.25, 0.3) is 21.6 Å². The van der Waals surface area contributed by atoms with Crippen LogP contribution >= 0.6 is 11.3 Å². The first kappa shape index (κ1) is 48.4. The van der Waals surface area contributed by atoms with Crippen molar-refractivity contribution in [3.8, 4) is 22.2 Å². The van der Waals surface area contributed by atoms with E-state index in [2.05, 4.69) is 28.5 Å². The molecule has 2 saturated carbocycles. The second-order valence-electron chi connectivity index (χ2n) is 17.5. The number of aryl methyl sites for hydroxylation is 1. The summed E-state index contributed by atoms with van der Waals surface area (Å²) in [5.74, 6) is -3.08. The molecule has 7 rings (SSSR count). The van der Waals surface area contributed by atoms with Gasteiger partial charge in [-0.05, 0) is 81.7 Å². The average molecular weight is 955 g/mol. The van der Waals surface area contributed by atoms with Crippen LogP contribution in [0.15, 0.2) is 67.1 Å². The number of allylic oxidation sites excluding steroid dienone is 1. The molecule has 4 aromatic rings. The number of sulfonamides is 1. The number of rotatable bonds is 20. The molecule has 3 heterocycles. The number of anilines is 1. The number of amides is 3. The number of pyridine rings is 1. The number of fused-ring (bicyclic) bond motifs is 1. The van der Waals surface area contributed by atoms with Crippen LogP contribution in [-0.2, 0) is 30.6 Å². The summed E-state index contributed by atoms with van der Waals surface area (Å²) < 4.78 is 96.5. The summed E-state index contributed by atoms with van der Waals surface area (Å²) in [6.07, 6.45) is 0.766. The van der Waals surface area contributed by atoms with Gasteiger partial charge in [-0.25, -0.2) is 22.8 Å². The van der Waals surface area contributed by atoms with E-state index in [4.69, 9.17) is 19.4 Å². The Balaban J connectivity index is 1.26. The van der Waals surface area contributed by atoms with Gasteiger partial charge in [-0.15, -0.1) is 24.5 Å². The Labute approximate surface area is 385 Å². The first-order valence-electron chi connectivity index (χ1n) is 22.0. The predicted molar refractivity (Wildman–Crippen MR) is 244 cm³/mol. The molecule has 3 fully saturated rings. The molecular weight excluding hydrogens is 901 g/mol. The molecule has 3 amide bonds. The standard InChI is InChI=1S/C47H54F4N6O7S2/c1-7-9-10-11-12-13-35(52-31-19-29(47(49,50)51)18-30(48)20-31)44(59)57-24-32(21-38(57)42(58)55-46(23-28(46)8-2)45(60)56-66(61,62)33-14-15-33)64-40-22-36(43-54-37(25-65-43)26(3)4)53-41-27(5)39(63-6)17-16-34(40)41/h7-8,16-20,22,25-26,28,32-33,35,38,52H,1-2,9-15,21,23-24H2,3-6H3,(H,55,58)(H,56,60)/t28-,32-,35+,38+,46-/m1/s1. The summed E-state index contributed by atoms with van der Waals surface area (Å²) in [5, 5.41) is 8.09. The summed E-state index contributed by atoms with van der Waals surface area (Å²) in [5.41, 5.74) is -0.537. The van der Waals surface area contributed by atoms with Gasteiger partial charge in [0, 0.05) is 40.4 Å². The molecule has 5 atom stereocenters. The van der Waals surface area contributed by atoms with Crippen LogP contribution in [0.1, 0.15) is 94.4 Å². The van der Waals surface area contributed by atoms with E-state index in [9.17, 15) is 40.4 Å². The number of methoxy groups -OCH3 is 1. The number of halogens is 4. The minimum absolute atomic E-state index is 0.0503. The third-order valence-corrected chi connectivity index (χ3v) is 15.1. The molecule has 0 unspecified atom stereocenters. The molecule has 0 bridgehead atoms. The zero-order valence-electron chi connectivity index (χ0n) is 37.2. The molecule has 354 valence electrons. The van der Waals surface area contributed by atoms with Crippen molar-refractivity contribution < 1.29 is 49.8 Å². The predicted octanol–water partition coefficient (Wildman–Crippen LogP) is 8.59. The van der Waals surface area contributed by atoms with Crippen molar-refractivity contribution in [2.24, 2.45) is 5.92 Å². The van der Waals surface area contributed by atoms with Gasteiger partial charge < -0.3 is 25.0 Å². The number of carbonyl (C=O) groups is 3. The molecule has 2 aromatic heterocycles. The molecule has 1 saturated heterocycles. The van der Waals surface area contributed by atoms with Gasteiger partial charge in [0.1, 0.15) is 51.7 Å². The van der Waals surface area contributed by atoms with Gasteiger partial charge in [0.25, 0.3) is 5.91 Å². The van der Waals surface area contributed by atoms with E-state index < -0.39 is 80.2 Å². The fourth-order valence-corrected chi connectivity index (χ4v) is 10.7. The third kappa shape index (κ3) is 10.5. The van der Waals surface area contributed by atoms with Crippen molar-refractivity contribution in [2.75, 3.05) is 19.0 Å². The van der Waals surface area contributed by atoms with Crippen LogP contribution in [0, 0.1) is 18.7 Å². The number of ether oxygens (including phenoxy) is 2. The molecular formula is C47H54F4N6O7S2. The average Bonchev–Trinajstić information content (AvgIpc) is 4.15. The Hall–Kier alpha value is -5.56. The first-order chi connectivity index (χ1) is 31.3. The minimum atomic E-state index is -4.88. The van der Waals surface area contributed by atoms with Crippen LogP contribution in [0.2, 0.25) is 0 Å². The van der Waals surface area contributed by atoms with Crippen LogP contribution in [0.5, 0.6) is 11.5 Å². The van der Waals surface area contributed by atoms with Gasteiger partial charge >= 0.3 is 6.18 Å². The highest BCUT2D eigenvalue weighted by Gasteiger charge is 2.62. The third-order valence-electron chi connectivity index (χ3n) is 12.4. The fourth-order valence-electron chi connectivity index (χ4n) is 8.36. The van der Waals surface area contributed by atoms with Gasteiger partial charge in [-0.3, -0.25) is 19.1 Å². The number of thiazole rings is 1. The number of benzene rings is 2. The molecule has 13 nitrogen and oxygen atoms in total. The van der Waals surface area contributed by atoms with Gasteiger partial charge in [0.15, 0.2) is 0 Å². The maximum Gasteiger partial charge on any atom is 0.416 e. The molecule has 3 aliphatic rings. The Bertz CT molecular complexity index is 2640. The molecule has 0 radical (unpaired) electrons. The topological polar surface area (TPSA) is 169 Å². The lowest BCUT2D eigenvalue weighted by Crippen LogP contribution is -2.57. The number of carbonyl (C=O) groups excluding carboxylic acids is 3. The summed E-state index contributed by atoms with van der Waals surface area (Å²) >= 11 is 1.42. The number of nitrogens with zero attached hydrogens (tertiary/aromatic N) is 3. The lowest BCUT2D eigenvalue weighted by molar-refractivity contribution is -0.140. The highest BCUT2D eigenvalue weighted by molar-refractivity contribution is 7.91. The smallest absolute Gasteiger partial charge is 0.416 e. The Morgan fingerprint density at radius 2 is 1.82 bits per heavy atom. The Kier molecular flexibility index (Phi) is 14.2. The van der Waals surface area contributed by atoms with Crippen molar-refractivity contribution in [3.63, 3.8) is 0 Å². The second-order valence-corrected chi connectivity index (χ2v) is 20.4. The second kappa shape index (κ2) is 19.3. The molecule has 19 heteroatoms. The normalized spacial score (nSPS) is 21.0. The van der Waals surface area contributed by atoms with Crippen molar-refractivity contribution >= 4 is 55.7 Å². The van der Waals surface area contributed by atoms with E-state index in [1.54, 1.807) is 31.4 Å². The first-order valence-corrected chi connectivity index (χ1v) is 24.4. The monoisotopic (exact) mass is 954 g/mol. The summed E-state index contributed by atoms with van der Waals surface area (Å²) in [6, 6.07) is 4.69. The Morgan fingerprint density at radius 1 is 1.06 bits per heavy atom. The number of alkyl halides is 3. The summed E-state index contributed by atoms with van der Waals surface area (Å²) in [6.45, 7) is 13.2. The molecule has 66 heavy (non-hydrogen) atoms. The number of hydrogen-bond acceptors (Lipinski definition) is 11. The number of hydrogen-bond donors (Lipinski definition) is 3. The van der Waals surface area contributed by atoms with Gasteiger partial charge in [-0.1, -0.05) is 38.8 Å². The van der Waals surface area contributed by atoms with E-state index in [0.29, 0.717) is 71.3 Å². The van der Waals surface area contributed by atoms with Crippen molar-refractivity contribution in [1.29, 1.82) is 0 Å². The van der Waals surface area contributed by atoms with E-state index >= 15 is 0 Å². The summed E-state index contributed by atoms with van der Waals surface area (Å²) in [7, 11) is -2.46.